The topological polar surface area (TPSA) is 43.4 Å². The summed E-state index contributed by atoms with van der Waals surface area (Å²) >= 11 is 0. The molecule has 0 saturated heterocycles. The summed E-state index contributed by atoms with van der Waals surface area (Å²) in [6, 6.07) is 14.7. The van der Waals surface area contributed by atoms with Crippen molar-refractivity contribution >= 4 is 22.5 Å². The lowest BCUT2D eigenvalue weighted by Gasteiger charge is -2.43. The zero-order chi connectivity index (χ0) is 24.9. The molecule has 0 N–H and O–H groups in total. The van der Waals surface area contributed by atoms with Crippen LogP contribution in [0.5, 0.6) is 0 Å². The number of allylic oxidation sites excluding steroid dienone is 5. The maximum absolute atomic E-state index is 13.7. The molecular weight excluding hydrogens is 420 g/mol. The molecule has 0 aliphatic heterocycles. The molecule has 0 amide bonds. The molecule has 2 atom stereocenters. The molecule has 0 radical (unpaired) electrons. The lowest BCUT2D eigenvalue weighted by Crippen LogP contribution is -2.41. The number of ketones is 1. The van der Waals surface area contributed by atoms with E-state index in [1.807, 2.05) is 19.1 Å². The van der Waals surface area contributed by atoms with E-state index in [1.54, 1.807) is 0 Å². The molecule has 4 rings (SSSR count). The average Bonchev–Trinajstić information content (AvgIpc) is 3.11. The van der Waals surface area contributed by atoms with E-state index < -0.39 is 11.3 Å². The van der Waals surface area contributed by atoms with Gasteiger partial charge in [-0.2, -0.15) is 0 Å². The molecule has 3 heteroatoms. The largest absolute Gasteiger partial charge is 0.466 e. The SMILES string of the molecule is CCOC(=O)[C@H]1C=C[C@@H](c2cccc3ccccc23)C12C=C(C(C)(C)C)C(=O)C(C(C)(C)C)=C2. The molecule has 0 saturated carbocycles. The van der Waals surface area contributed by atoms with Crippen LogP contribution in [0.4, 0.5) is 0 Å². The van der Waals surface area contributed by atoms with Crippen LogP contribution in [0.1, 0.15) is 59.9 Å². The summed E-state index contributed by atoms with van der Waals surface area (Å²) in [6.45, 7) is 14.6. The quantitative estimate of drug-likeness (QED) is 0.363. The zero-order valence-electron chi connectivity index (χ0n) is 21.4. The Morgan fingerprint density at radius 1 is 0.882 bits per heavy atom. The molecule has 2 aromatic carbocycles. The number of rotatable bonds is 3. The Hall–Kier alpha value is -2.94. The van der Waals surface area contributed by atoms with E-state index in [9.17, 15) is 9.59 Å². The average molecular weight is 457 g/mol. The molecule has 0 heterocycles. The minimum atomic E-state index is -0.713. The Morgan fingerprint density at radius 3 is 2.06 bits per heavy atom. The van der Waals surface area contributed by atoms with E-state index in [4.69, 9.17) is 4.74 Å². The third kappa shape index (κ3) is 3.96. The summed E-state index contributed by atoms with van der Waals surface area (Å²) in [5.74, 6) is -0.767. The lowest BCUT2D eigenvalue weighted by molar-refractivity contribution is -0.148. The maximum atomic E-state index is 13.7. The molecule has 0 unspecified atom stereocenters. The highest BCUT2D eigenvalue weighted by molar-refractivity contribution is 6.11. The minimum Gasteiger partial charge on any atom is -0.466 e. The highest BCUT2D eigenvalue weighted by Gasteiger charge is 2.53. The molecule has 0 bridgehead atoms. The Kier molecular flexibility index (Phi) is 5.96. The fourth-order valence-corrected chi connectivity index (χ4v) is 5.45. The first-order valence-corrected chi connectivity index (χ1v) is 12.2. The third-order valence-corrected chi connectivity index (χ3v) is 7.17. The predicted molar refractivity (Wildman–Crippen MR) is 138 cm³/mol. The van der Waals surface area contributed by atoms with Crippen LogP contribution in [0.3, 0.4) is 0 Å². The second-order valence-electron chi connectivity index (χ2n) is 11.6. The van der Waals surface area contributed by atoms with Crippen LogP contribution in [-0.4, -0.2) is 18.4 Å². The first-order chi connectivity index (χ1) is 15.9. The number of ether oxygens (including phenoxy) is 1. The molecule has 34 heavy (non-hydrogen) atoms. The van der Waals surface area contributed by atoms with E-state index in [0.29, 0.717) is 6.61 Å². The van der Waals surface area contributed by atoms with Crippen molar-refractivity contribution in [3.63, 3.8) is 0 Å². The van der Waals surface area contributed by atoms with Gasteiger partial charge in [0.05, 0.1) is 12.5 Å². The molecule has 2 aliphatic rings. The molecule has 1 spiro atoms. The van der Waals surface area contributed by atoms with Gasteiger partial charge >= 0.3 is 5.97 Å². The number of carbonyl (C=O) groups is 2. The Balaban J connectivity index is 2.05. The van der Waals surface area contributed by atoms with Gasteiger partial charge in [0.2, 0.25) is 0 Å². The van der Waals surface area contributed by atoms with Crippen molar-refractivity contribution in [1.29, 1.82) is 0 Å². The van der Waals surface area contributed by atoms with Crippen molar-refractivity contribution in [2.45, 2.75) is 54.4 Å². The summed E-state index contributed by atoms with van der Waals surface area (Å²) in [6.07, 6.45) is 8.33. The predicted octanol–water partition coefficient (Wildman–Crippen LogP) is 7.19. The molecular formula is C31H36O3. The monoisotopic (exact) mass is 456 g/mol. The van der Waals surface area contributed by atoms with E-state index in [-0.39, 0.29) is 28.5 Å². The normalized spacial score (nSPS) is 22.1. The number of benzene rings is 2. The molecule has 2 aromatic rings. The van der Waals surface area contributed by atoms with Gasteiger partial charge in [-0.3, -0.25) is 9.59 Å². The molecule has 0 fully saturated rings. The maximum Gasteiger partial charge on any atom is 0.314 e. The first kappa shape index (κ1) is 24.2. The molecule has 3 nitrogen and oxygen atoms in total. The number of carbonyl (C=O) groups excluding carboxylic acids is 2. The highest BCUT2D eigenvalue weighted by Crippen LogP contribution is 2.57. The van der Waals surface area contributed by atoms with Gasteiger partial charge in [-0.15, -0.1) is 0 Å². The Bertz CT molecular complexity index is 1190. The number of Topliss-reactive ketones (excluding diaryl/α,β-unsaturated/α-hetero) is 1. The second kappa shape index (κ2) is 8.37. The van der Waals surface area contributed by atoms with E-state index in [2.05, 4.69) is 96.2 Å². The van der Waals surface area contributed by atoms with Gasteiger partial charge < -0.3 is 4.74 Å². The minimum absolute atomic E-state index is 0.0804. The molecule has 178 valence electrons. The van der Waals surface area contributed by atoms with Gasteiger partial charge in [0.1, 0.15) is 0 Å². The summed E-state index contributed by atoms with van der Waals surface area (Å²) in [7, 11) is 0. The van der Waals surface area contributed by atoms with E-state index in [1.165, 1.54) is 0 Å². The number of esters is 1. The van der Waals surface area contributed by atoms with Crippen LogP contribution in [0, 0.1) is 22.2 Å². The highest BCUT2D eigenvalue weighted by atomic mass is 16.5. The number of fused-ring (bicyclic) bond motifs is 1. The van der Waals surface area contributed by atoms with Crippen LogP contribution in [0.15, 0.2) is 77.9 Å². The summed E-state index contributed by atoms with van der Waals surface area (Å²) in [4.78, 5) is 27.1. The second-order valence-corrected chi connectivity index (χ2v) is 11.6. The van der Waals surface area contributed by atoms with Crippen LogP contribution >= 0.6 is 0 Å². The summed E-state index contributed by atoms with van der Waals surface area (Å²) in [5.41, 5.74) is 1.26. The number of hydrogen-bond acceptors (Lipinski definition) is 3. The fourth-order valence-electron chi connectivity index (χ4n) is 5.45. The Labute approximate surface area is 203 Å². The van der Waals surface area contributed by atoms with E-state index >= 15 is 0 Å². The standard InChI is InChI=1S/C31H36O3/c1-8-34-28(33)24-17-16-23(22-15-11-13-20-12-9-10-14-21(20)22)31(24)18-25(29(2,3)4)27(32)26(19-31)30(5,6)7/h9-19,23-24H,8H2,1-7H3/t23-,24+/m0/s1. The van der Waals surface area contributed by atoms with Gasteiger partial charge in [-0.25, -0.2) is 0 Å². The van der Waals surface area contributed by atoms with Gasteiger partial charge in [0, 0.05) is 22.5 Å². The lowest BCUT2D eigenvalue weighted by atomic mass is 9.59. The van der Waals surface area contributed by atoms with Gasteiger partial charge in [0.15, 0.2) is 5.78 Å². The van der Waals surface area contributed by atoms with E-state index in [0.717, 1.165) is 27.5 Å². The van der Waals surface area contributed by atoms with Crippen molar-refractivity contribution in [1.82, 2.24) is 0 Å². The first-order valence-electron chi connectivity index (χ1n) is 12.2. The Morgan fingerprint density at radius 2 is 1.47 bits per heavy atom. The van der Waals surface area contributed by atoms with Gasteiger partial charge in [-0.05, 0) is 34.1 Å². The van der Waals surface area contributed by atoms with Crippen LogP contribution < -0.4 is 0 Å². The van der Waals surface area contributed by atoms with Crippen LogP contribution in [-0.2, 0) is 14.3 Å². The summed E-state index contributed by atoms with van der Waals surface area (Å²) in [5, 5.41) is 2.33. The van der Waals surface area contributed by atoms with Crippen molar-refractivity contribution in [3.8, 4) is 0 Å². The fraction of sp³-hybridized carbons (Fsp3) is 0.419. The van der Waals surface area contributed by atoms with Crippen LogP contribution in [0.25, 0.3) is 10.8 Å². The van der Waals surface area contributed by atoms with Gasteiger partial charge in [-0.1, -0.05) is 108 Å². The number of hydrogen-bond donors (Lipinski definition) is 0. The van der Waals surface area contributed by atoms with Crippen molar-refractivity contribution in [2.24, 2.45) is 22.2 Å². The van der Waals surface area contributed by atoms with Crippen molar-refractivity contribution < 1.29 is 14.3 Å². The third-order valence-electron chi connectivity index (χ3n) is 7.17. The van der Waals surface area contributed by atoms with Gasteiger partial charge in [0.25, 0.3) is 0 Å². The smallest absolute Gasteiger partial charge is 0.314 e. The molecule has 2 aliphatic carbocycles. The van der Waals surface area contributed by atoms with Crippen molar-refractivity contribution in [3.05, 3.63) is 83.5 Å². The summed E-state index contributed by atoms with van der Waals surface area (Å²) < 4.78 is 5.56. The zero-order valence-corrected chi connectivity index (χ0v) is 21.4. The molecule has 0 aromatic heterocycles. The van der Waals surface area contributed by atoms with Crippen LogP contribution in [0.2, 0.25) is 0 Å². The van der Waals surface area contributed by atoms with Crippen molar-refractivity contribution in [2.75, 3.05) is 6.61 Å².